The first-order chi connectivity index (χ1) is 9.29. The number of fused-ring (bicyclic) bond motifs is 2. The van der Waals surface area contributed by atoms with E-state index in [2.05, 4.69) is 17.4 Å². The average Bonchev–Trinajstić information content (AvgIpc) is 2.47. The van der Waals surface area contributed by atoms with E-state index < -0.39 is 0 Å². The predicted molar refractivity (Wildman–Crippen MR) is 73.0 cm³/mol. The summed E-state index contributed by atoms with van der Waals surface area (Å²) in [6.07, 6.45) is 2.14. The normalized spacial score (nSPS) is 20.9. The zero-order chi connectivity index (χ0) is 13.3. The molecule has 1 spiro atoms. The van der Waals surface area contributed by atoms with E-state index in [1.54, 1.807) is 14.2 Å². The number of hydrogen-bond donors (Lipinski definition) is 1. The first-order valence-corrected chi connectivity index (χ1v) is 6.83. The maximum atomic E-state index is 5.53. The Labute approximate surface area is 114 Å². The van der Waals surface area contributed by atoms with E-state index in [1.807, 2.05) is 0 Å². The topological polar surface area (TPSA) is 39.7 Å². The fraction of sp³-hybridized carbons (Fsp3) is 0.600. The van der Waals surface area contributed by atoms with Gasteiger partial charge in [0.2, 0.25) is 0 Å². The summed E-state index contributed by atoms with van der Waals surface area (Å²) >= 11 is 0. The van der Waals surface area contributed by atoms with Crippen LogP contribution in [0.2, 0.25) is 0 Å². The molecule has 0 saturated carbocycles. The summed E-state index contributed by atoms with van der Waals surface area (Å²) in [6, 6.07) is 4.28. The molecule has 104 valence electrons. The minimum atomic E-state index is 0.200. The van der Waals surface area contributed by atoms with Gasteiger partial charge in [-0.15, -0.1) is 0 Å². The molecule has 0 atom stereocenters. The lowest BCUT2D eigenvalue weighted by Gasteiger charge is -2.42. The van der Waals surface area contributed by atoms with Crippen molar-refractivity contribution in [2.75, 3.05) is 34.0 Å². The molecule has 2 aliphatic heterocycles. The Bertz CT molecular complexity index is 467. The van der Waals surface area contributed by atoms with Gasteiger partial charge in [0.15, 0.2) is 11.5 Å². The molecule has 2 aliphatic rings. The van der Waals surface area contributed by atoms with Gasteiger partial charge < -0.3 is 19.5 Å². The highest BCUT2D eigenvalue weighted by atomic mass is 16.5. The van der Waals surface area contributed by atoms with Crippen LogP contribution in [0, 0.1) is 0 Å². The van der Waals surface area contributed by atoms with Crippen LogP contribution in [0.15, 0.2) is 12.1 Å². The van der Waals surface area contributed by atoms with Crippen LogP contribution in [0.5, 0.6) is 11.5 Å². The number of methoxy groups -OCH3 is 2. The van der Waals surface area contributed by atoms with Gasteiger partial charge in [-0.05, 0) is 36.1 Å². The van der Waals surface area contributed by atoms with Crippen LogP contribution in [0.25, 0.3) is 0 Å². The van der Waals surface area contributed by atoms with Crippen molar-refractivity contribution in [3.8, 4) is 11.5 Å². The molecule has 0 bridgehead atoms. The molecule has 0 aromatic heterocycles. The lowest BCUT2D eigenvalue weighted by atomic mass is 9.70. The number of nitrogens with one attached hydrogen (secondary N) is 1. The Balaban J connectivity index is 2.08. The standard InChI is InChI=1S/C15H21NO3/c1-17-13-7-11-9-16-10-15(3-5-19-6-4-15)12(11)8-14(13)18-2/h7-8,16H,3-6,9-10H2,1-2H3. The minimum Gasteiger partial charge on any atom is -0.493 e. The van der Waals surface area contributed by atoms with Crippen LogP contribution in [0.3, 0.4) is 0 Å². The summed E-state index contributed by atoms with van der Waals surface area (Å²) in [5.74, 6) is 1.64. The molecule has 0 radical (unpaired) electrons. The lowest BCUT2D eigenvalue weighted by molar-refractivity contribution is 0.0470. The molecule has 2 heterocycles. The van der Waals surface area contributed by atoms with E-state index in [0.717, 1.165) is 50.6 Å². The van der Waals surface area contributed by atoms with Crippen LogP contribution in [-0.2, 0) is 16.7 Å². The van der Waals surface area contributed by atoms with Crippen LogP contribution in [0.1, 0.15) is 24.0 Å². The largest absolute Gasteiger partial charge is 0.493 e. The molecule has 4 heteroatoms. The van der Waals surface area contributed by atoms with Gasteiger partial charge in [-0.25, -0.2) is 0 Å². The SMILES string of the molecule is COc1cc2c(cc1OC)C1(CCOCC1)CNC2. The molecule has 0 aliphatic carbocycles. The maximum absolute atomic E-state index is 5.53. The second-order valence-electron chi connectivity index (χ2n) is 5.36. The molecule has 4 nitrogen and oxygen atoms in total. The van der Waals surface area contributed by atoms with E-state index in [9.17, 15) is 0 Å². The summed E-state index contributed by atoms with van der Waals surface area (Å²) in [5.41, 5.74) is 2.93. The summed E-state index contributed by atoms with van der Waals surface area (Å²) in [6.45, 7) is 3.61. The highest BCUT2D eigenvalue weighted by Crippen LogP contribution is 2.43. The highest BCUT2D eigenvalue weighted by molar-refractivity contribution is 5.51. The van der Waals surface area contributed by atoms with E-state index in [1.165, 1.54) is 11.1 Å². The second-order valence-corrected chi connectivity index (χ2v) is 5.36. The van der Waals surface area contributed by atoms with Crippen LogP contribution < -0.4 is 14.8 Å². The van der Waals surface area contributed by atoms with Crippen molar-refractivity contribution in [1.82, 2.24) is 5.32 Å². The fourth-order valence-corrected chi connectivity index (χ4v) is 3.30. The van der Waals surface area contributed by atoms with Gasteiger partial charge in [0, 0.05) is 31.7 Å². The molecule has 3 rings (SSSR count). The monoisotopic (exact) mass is 263 g/mol. The van der Waals surface area contributed by atoms with Gasteiger partial charge in [-0.2, -0.15) is 0 Å². The van der Waals surface area contributed by atoms with Crippen molar-refractivity contribution in [3.05, 3.63) is 23.3 Å². The molecule has 1 saturated heterocycles. The number of ether oxygens (including phenoxy) is 3. The molecule has 0 amide bonds. The van der Waals surface area contributed by atoms with Gasteiger partial charge in [0.1, 0.15) is 0 Å². The predicted octanol–water partition coefficient (Wildman–Crippen LogP) is 1.86. The second kappa shape index (κ2) is 5.02. The van der Waals surface area contributed by atoms with Gasteiger partial charge in [0.25, 0.3) is 0 Å². The third-order valence-electron chi connectivity index (χ3n) is 4.41. The zero-order valence-corrected chi connectivity index (χ0v) is 11.6. The Morgan fingerprint density at radius 3 is 2.47 bits per heavy atom. The van der Waals surface area contributed by atoms with E-state index in [-0.39, 0.29) is 5.41 Å². The summed E-state index contributed by atoms with van der Waals surface area (Å²) < 4.78 is 16.4. The molecular formula is C15H21NO3. The summed E-state index contributed by atoms with van der Waals surface area (Å²) in [4.78, 5) is 0. The quantitative estimate of drug-likeness (QED) is 0.884. The average molecular weight is 263 g/mol. The molecule has 19 heavy (non-hydrogen) atoms. The Kier molecular flexibility index (Phi) is 3.37. The van der Waals surface area contributed by atoms with Gasteiger partial charge in [-0.1, -0.05) is 0 Å². The van der Waals surface area contributed by atoms with E-state index >= 15 is 0 Å². The third-order valence-corrected chi connectivity index (χ3v) is 4.41. The minimum absolute atomic E-state index is 0.200. The van der Waals surface area contributed by atoms with Crippen LogP contribution in [-0.4, -0.2) is 34.0 Å². The number of rotatable bonds is 2. The highest BCUT2D eigenvalue weighted by Gasteiger charge is 2.38. The van der Waals surface area contributed by atoms with Crippen LogP contribution in [0.4, 0.5) is 0 Å². The number of benzene rings is 1. The van der Waals surface area contributed by atoms with Gasteiger partial charge >= 0.3 is 0 Å². The molecule has 1 fully saturated rings. The number of hydrogen-bond acceptors (Lipinski definition) is 4. The first kappa shape index (κ1) is 12.8. The summed E-state index contributed by atoms with van der Waals surface area (Å²) in [7, 11) is 3.38. The maximum Gasteiger partial charge on any atom is 0.161 e. The molecule has 0 unspecified atom stereocenters. The molecule has 1 aromatic rings. The van der Waals surface area contributed by atoms with Gasteiger partial charge in [0.05, 0.1) is 14.2 Å². The van der Waals surface area contributed by atoms with Crippen molar-refractivity contribution >= 4 is 0 Å². The van der Waals surface area contributed by atoms with Crippen molar-refractivity contribution in [2.24, 2.45) is 0 Å². The summed E-state index contributed by atoms with van der Waals surface area (Å²) in [5, 5.41) is 3.54. The molecular weight excluding hydrogens is 242 g/mol. The Hall–Kier alpha value is -1.26. The Morgan fingerprint density at radius 2 is 1.79 bits per heavy atom. The van der Waals surface area contributed by atoms with E-state index in [4.69, 9.17) is 14.2 Å². The lowest BCUT2D eigenvalue weighted by Crippen LogP contribution is -2.46. The van der Waals surface area contributed by atoms with Crippen molar-refractivity contribution in [3.63, 3.8) is 0 Å². The molecule has 1 N–H and O–H groups in total. The Morgan fingerprint density at radius 1 is 1.11 bits per heavy atom. The van der Waals surface area contributed by atoms with Gasteiger partial charge in [-0.3, -0.25) is 0 Å². The zero-order valence-electron chi connectivity index (χ0n) is 11.6. The van der Waals surface area contributed by atoms with E-state index in [0.29, 0.717) is 0 Å². The molecule has 1 aromatic carbocycles. The van der Waals surface area contributed by atoms with Crippen LogP contribution >= 0.6 is 0 Å². The first-order valence-electron chi connectivity index (χ1n) is 6.83. The third kappa shape index (κ3) is 2.09. The van der Waals surface area contributed by atoms with Crippen molar-refractivity contribution < 1.29 is 14.2 Å². The smallest absolute Gasteiger partial charge is 0.161 e. The van der Waals surface area contributed by atoms with Crippen molar-refractivity contribution in [2.45, 2.75) is 24.8 Å². The fourth-order valence-electron chi connectivity index (χ4n) is 3.30. The van der Waals surface area contributed by atoms with Crippen molar-refractivity contribution in [1.29, 1.82) is 0 Å².